The summed E-state index contributed by atoms with van der Waals surface area (Å²) < 4.78 is 1.58. The van der Waals surface area contributed by atoms with Crippen LogP contribution in [-0.2, 0) is 40.1 Å². The minimum absolute atomic E-state index is 0.966. The second-order valence-corrected chi connectivity index (χ2v) is 28.4. The fraction of sp³-hybridized carbons (Fsp3) is 0.805. The summed E-state index contributed by atoms with van der Waals surface area (Å²) in [5, 5.41) is 2.87. The molecular formula is C82H146N2Ni. The molecule has 0 aromatic heterocycles. The average molecular weight is 1220 g/mol. The molecule has 0 amide bonds. The van der Waals surface area contributed by atoms with E-state index in [9.17, 15) is 5.53 Å². The van der Waals surface area contributed by atoms with Crippen molar-refractivity contribution in [2.24, 2.45) is 0 Å². The van der Waals surface area contributed by atoms with Gasteiger partial charge in [0.15, 0.2) is 0 Å². The SMILES string of the molecule is CCCCCCCCCCCCCCCCC[CH2][Ni][CH2]CCCCCCCCCCCCCCCCC.CCCCCCCc1cc(CCCCCC)cc(C2=CC(CCCC)=C(c3cc(CCCCCC)cc(CCCCCCC)c3)[N+]2=[N-])c1. The maximum atomic E-state index is 12.1. The van der Waals surface area contributed by atoms with Crippen molar-refractivity contribution in [3.8, 4) is 0 Å². The first-order chi connectivity index (χ1) is 42.0. The van der Waals surface area contributed by atoms with Crippen molar-refractivity contribution in [3.05, 3.63) is 87.0 Å². The molecule has 0 saturated carbocycles. The van der Waals surface area contributed by atoms with Crippen LogP contribution in [0.2, 0.25) is 10.8 Å². The van der Waals surface area contributed by atoms with Gasteiger partial charge < -0.3 is 5.53 Å². The minimum Gasteiger partial charge on any atom is -0.493 e. The topological polar surface area (TPSA) is 25.3 Å². The summed E-state index contributed by atoms with van der Waals surface area (Å²) in [5.74, 6) is 0. The molecule has 0 radical (unpaired) electrons. The van der Waals surface area contributed by atoms with Crippen molar-refractivity contribution in [2.45, 2.75) is 425 Å². The van der Waals surface area contributed by atoms with Crippen LogP contribution >= 0.6 is 0 Å². The number of nitrogens with zero attached hydrogens (tertiary/aromatic N) is 2. The average Bonchev–Trinajstić information content (AvgIpc) is 3.97. The van der Waals surface area contributed by atoms with E-state index in [1.807, 2.05) is 14.4 Å². The molecule has 2 nitrogen and oxygen atoms in total. The number of allylic oxidation sites excluding steroid dienone is 2. The molecule has 2 aromatic carbocycles. The van der Waals surface area contributed by atoms with Gasteiger partial charge in [0.25, 0.3) is 0 Å². The molecule has 1 aliphatic heterocycles. The van der Waals surface area contributed by atoms with Gasteiger partial charge in [-0.15, -0.1) is 0 Å². The van der Waals surface area contributed by atoms with Gasteiger partial charge in [0, 0.05) is 22.8 Å². The van der Waals surface area contributed by atoms with Crippen LogP contribution in [0.25, 0.3) is 16.9 Å². The predicted octanol–water partition coefficient (Wildman–Crippen LogP) is 29.4. The first kappa shape index (κ1) is 79.1. The van der Waals surface area contributed by atoms with Crippen LogP contribution in [0.1, 0.15) is 422 Å². The molecule has 0 spiro atoms. The zero-order valence-corrected chi connectivity index (χ0v) is 59.5. The summed E-state index contributed by atoms with van der Waals surface area (Å²) in [4.78, 5) is 0. The van der Waals surface area contributed by atoms with Crippen LogP contribution < -0.4 is 0 Å². The molecule has 0 atom stereocenters. The van der Waals surface area contributed by atoms with E-state index >= 15 is 0 Å². The van der Waals surface area contributed by atoms with Crippen molar-refractivity contribution in [1.82, 2.24) is 0 Å². The summed E-state index contributed by atoms with van der Waals surface area (Å²) in [5.41, 5.74) is 23.6. The molecule has 3 heteroatoms. The minimum atomic E-state index is 0.966. The predicted molar refractivity (Wildman–Crippen MR) is 380 cm³/mol. The van der Waals surface area contributed by atoms with Crippen LogP contribution in [0.4, 0.5) is 0 Å². The third-order valence-electron chi connectivity index (χ3n) is 18.5. The molecule has 0 bridgehead atoms. The Kier molecular flexibility index (Phi) is 55.5. The number of rotatable bonds is 61. The molecule has 85 heavy (non-hydrogen) atoms. The smallest absolute Gasteiger partial charge is 0.493 e. The number of aryl methyl sites for hydroxylation is 4. The van der Waals surface area contributed by atoms with Crippen molar-refractivity contribution in [1.29, 1.82) is 0 Å². The second kappa shape index (κ2) is 59.6. The Balaban J connectivity index is 0.000000602. The van der Waals surface area contributed by atoms with E-state index in [-0.39, 0.29) is 0 Å². The molecule has 494 valence electrons. The summed E-state index contributed by atoms with van der Waals surface area (Å²) in [6, 6.07) is 14.5. The Morgan fingerprint density at radius 2 is 0.494 bits per heavy atom. The summed E-state index contributed by atoms with van der Waals surface area (Å²) in [6.07, 6.45) is 80.6. The van der Waals surface area contributed by atoms with Gasteiger partial charge in [0.2, 0.25) is 11.4 Å². The zero-order chi connectivity index (χ0) is 61.1. The monoisotopic (exact) mass is 1220 g/mol. The molecule has 1 aliphatic rings. The van der Waals surface area contributed by atoms with E-state index in [1.54, 1.807) is 4.70 Å². The van der Waals surface area contributed by atoms with Gasteiger partial charge in [-0.05, 0) is 111 Å². The second-order valence-electron chi connectivity index (χ2n) is 26.9. The molecule has 0 fully saturated rings. The molecule has 1 heterocycles. The molecule has 0 N–H and O–H groups in total. The van der Waals surface area contributed by atoms with Crippen molar-refractivity contribution in [3.63, 3.8) is 0 Å². The van der Waals surface area contributed by atoms with Gasteiger partial charge in [-0.1, -0.05) is 221 Å². The summed E-state index contributed by atoms with van der Waals surface area (Å²) in [6.45, 7) is 16.1. The van der Waals surface area contributed by atoms with E-state index < -0.39 is 0 Å². The van der Waals surface area contributed by atoms with Crippen LogP contribution in [-0.4, -0.2) is 4.70 Å². The molecular weight excluding hydrogens is 1070 g/mol. The zero-order valence-electron chi connectivity index (χ0n) is 58.5. The first-order valence-corrected chi connectivity index (χ1v) is 40.0. The van der Waals surface area contributed by atoms with Crippen LogP contribution in [0, 0.1) is 0 Å². The maximum absolute atomic E-state index is 12.1. The van der Waals surface area contributed by atoms with Gasteiger partial charge in [0.05, 0.1) is 0 Å². The third kappa shape index (κ3) is 43.4. The number of hydrogen-bond acceptors (Lipinski definition) is 0. The van der Waals surface area contributed by atoms with Crippen molar-refractivity contribution in [2.75, 3.05) is 0 Å². The van der Waals surface area contributed by atoms with E-state index in [0.29, 0.717) is 0 Å². The van der Waals surface area contributed by atoms with Crippen molar-refractivity contribution < 1.29 is 19.1 Å². The van der Waals surface area contributed by atoms with Gasteiger partial charge in [-0.3, -0.25) is 0 Å². The Morgan fingerprint density at radius 1 is 0.259 bits per heavy atom. The Hall–Kier alpha value is -1.99. The van der Waals surface area contributed by atoms with E-state index in [4.69, 9.17) is 0 Å². The van der Waals surface area contributed by atoms with Crippen LogP contribution in [0.3, 0.4) is 0 Å². The molecule has 2 aromatic rings. The Bertz CT molecular complexity index is 1840. The van der Waals surface area contributed by atoms with E-state index in [0.717, 1.165) is 56.3 Å². The van der Waals surface area contributed by atoms with E-state index in [1.165, 1.54) is 371 Å². The van der Waals surface area contributed by atoms with Gasteiger partial charge in [-0.25, -0.2) is 4.70 Å². The van der Waals surface area contributed by atoms with Gasteiger partial charge >= 0.3 is 166 Å². The van der Waals surface area contributed by atoms with Crippen LogP contribution in [0.5, 0.6) is 0 Å². The standard InChI is InChI=1S/C46H72N2.2C18H37.Ni/c1-6-11-16-20-24-28-39-31-38(26-22-18-13-8-3)33-43(34-39)45-37-42(30-15-10-5)46(48(45)47)44-35-40(27-23-19-14-9-4)32-41(36-44)29-25-21-17-12-7-2;2*1-3-5-7-9-11-13-15-17-18-16-14-12-10-8-6-4-2;/h31-37H,6-30H2,1-5H3;2*1,3-18H2,2H3;. The molecule has 0 unspecified atom stereocenters. The summed E-state index contributed by atoms with van der Waals surface area (Å²) >= 11 is 2.04. The van der Waals surface area contributed by atoms with E-state index in [2.05, 4.69) is 90.9 Å². The Labute approximate surface area is 539 Å². The number of unbranched alkanes of at least 4 members (excludes halogenated alkanes) is 45. The quantitative estimate of drug-likeness (QED) is 0.0358. The van der Waals surface area contributed by atoms with Gasteiger partial charge in [-0.2, -0.15) is 0 Å². The normalized spacial score (nSPS) is 12.5. The number of benzene rings is 2. The third-order valence-corrected chi connectivity index (χ3v) is 19.9. The molecule has 0 aliphatic carbocycles. The van der Waals surface area contributed by atoms with Gasteiger partial charge in [0.1, 0.15) is 0 Å². The number of hydrogen-bond donors (Lipinski definition) is 0. The van der Waals surface area contributed by atoms with Crippen LogP contribution in [0.15, 0.2) is 48.0 Å². The molecule has 3 rings (SSSR count). The fourth-order valence-electron chi connectivity index (χ4n) is 12.9. The van der Waals surface area contributed by atoms with Crippen molar-refractivity contribution >= 4 is 11.4 Å². The first-order valence-electron chi connectivity index (χ1n) is 38.6. The Morgan fingerprint density at radius 3 is 0.776 bits per heavy atom. The fourth-order valence-corrected chi connectivity index (χ4v) is 14.1. The molecule has 0 saturated heterocycles. The summed E-state index contributed by atoms with van der Waals surface area (Å²) in [7, 11) is 0.